The van der Waals surface area contributed by atoms with Gasteiger partial charge in [0, 0.05) is 81.8 Å². The summed E-state index contributed by atoms with van der Waals surface area (Å²) < 4.78 is 39.2. The monoisotopic (exact) mass is 867 g/mol. The zero-order chi connectivity index (χ0) is 42.6. The number of carbonyl (C=O) groups excluding carboxylic acids is 2. The Labute approximate surface area is 360 Å². The van der Waals surface area contributed by atoms with Crippen LogP contribution >= 0.6 is 11.6 Å². The first-order valence-electron chi connectivity index (χ1n) is 21.7. The summed E-state index contributed by atoms with van der Waals surface area (Å²) in [6.45, 7) is 3.90. The molecule has 2 bridgehead atoms. The highest BCUT2D eigenvalue weighted by Gasteiger charge is 2.51. The van der Waals surface area contributed by atoms with Gasteiger partial charge in [-0.2, -0.15) is 10.1 Å². The SMILES string of the molecule is Cn1nc(C2CCC(=O)NC2=O)c2cccc(N3CCC(CN4CC5CC(C4)N5c4ncc(Cl)c(Nc5ccc6c(c5)c5c(c(=O)n6C)OCC(F)(F)C(C6CC6)N5)n4)CC3)c21. The van der Waals surface area contributed by atoms with Crippen molar-refractivity contribution in [2.75, 3.05) is 59.8 Å². The van der Waals surface area contributed by atoms with Gasteiger partial charge in [0.15, 0.2) is 12.4 Å². The van der Waals surface area contributed by atoms with Gasteiger partial charge >= 0.3 is 5.92 Å². The van der Waals surface area contributed by atoms with Crippen LogP contribution in [0.1, 0.15) is 56.6 Å². The number of carbonyl (C=O) groups is 2. The predicted molar refractivity (Wildman–Crippen MR) is 232 cm³/mol. The fourth-order valence-corrected chi connectivity index (χ4v) is 10.8. The highest BCUT2D eigenvalue weighted by Crippen LogP contribution is 2.46. The molecule has 1 saturated carbocycles. The van der Waals surface area contributed by atoms with Gasteiger partial charge in [-0.3, -0.25) is 29.3 Å². The second kappa shape index (κ2) is 14.8. The van der Waals surface area contributed by atoms with Gasteiger partial charge in [0.2, 0.25) is 23.5 Å². The Kier molecular flexibility index (Phi) is 9.37. The molecule has 2 amide bonds. The van der Waals surface area contributed by atoms with Gasteiger partial charge in [-0.05, 0) is 74.6 Å². The Morgan fingerprint density at radius 1 is 1.00 bits per heavy atom. The standard InChI is InChI=1S/C44H48ClF2N11O4/c1-54-32-10-8-25(16-30(32)36-38(42(54)61)62-22-44(46,47)39(51-36)24-6-7-24)49-40-31(45)18-48-43(52-40)58-26-17-27(58)21-56(20-26)19-23-12-14-57(15-13-23)33-5-3-4-28-35(53-55(2)37(28)33)29-9-11-34(59)50-41(29)60/h3-5,8,10,16,18,23-24,26-27,29,39,51H,6-7,9,11-15,17,19-22H2,1-2H3,(H,48,49,52)(H,50,59,60). The Balaban J connectivity index is 0.748. The van der Waals surface area contributed by atoms with Crippen LogP contribution in [0.3, 0.4) is 0 Å². The average Bonchev–Trinajstić information content (AvgIpc) is 4.05. The summed E-state index contributed by atoms with van der Waals surface area (Å²) in [7, 11) is 3.54. The van der Waals surface area contributed by atoms with E-state index in [-0.39, 0.29) is 41.3 Å². The van der Waals surface area contributed by atoms with Crippen molar-refractivity contribution in [3.8, 4) is 5.75 Å². The molecule has 5 saturated heterocycles. The number of anilines is 5. The third kappa shape index (κ3) is 6.69. The molecule has 0 radical (unpaired) electrons. The van der Waals surface area contributed by atoms with E-state index in [1.165, 1.54) is 4.57 Å². The maximum absolute atomic E-state index is 15.2. The van der Waals surface area contributed by atoms with Crippen molar-refractivity contribution in [2.24, 2.45) is 25.9 Å². The van der Waals surface area contributed by atoms with E-state index in [9.17, 15) is 14.4 Å². The lowest BCUT2D eigenvalue weighted by Gasteiger charge is -2.57. The minimum absolute atomic E-state index is 0.103. The number of aromatic nitrogens is 5. The van der Waals surface area contributed by atoms with E-state index in [2.05, 4.69) is 41.7 Å². The number of ether oxygens (including phenoxy) is 1. The van der Waals surface area contributed by atoms with Crippen LogP contribution in [0.5, 0.6) is 5.75 Å². The van der Waals surface area contributed by atoms with E-state index in [0.29, 0.717) is 65.0 Å². The number of fused-ring (bicyclic) bond motifs is 6. The summed E-state index contributed by atoms with van der Waals surface area (Å²) in [4.78, 5) is 54.7. The van der Waals surface area contributed by atoms with E-state index < -0.39 is 30.0 Å². The molecule has 1 aliphatic carbocycles. The fraction of sp³-hybridized carbons (Fsp3) is 0.500. The number of nitrogens with one attached hydrogen (secondary N) is 3. The summed E-state index contributed by atoms with van der Waals surface area (Å²) in [5, 5.41) is 15.6. The first-order valence-corrected chi connectivity index (χ1v) is 22.1. The largest absolute Gasteiger partial charge is 0.480 e. The molecule has 12 rings (SSSR count). The lowest BCUT2D eigenvalue weighted by molar-refractivity contribution is -0.134. The van der Waals surface area contributed by atoms with Gasteiger partial charge in [0.1, 0.15) is 5.02 Å². The van der Waals surface area contributed by atoms with Gasteiger partial charge in [-0.1, -0.05) is 23.7 Å². The van der Waals surface area contributed by atoms with Crippen molar-refractivity contribution in [1.29, 1.82) is 0 Å². The van der Waals surface area contributed by atoms with Crippen LogP contribution in [0.25, 0.3) is 21.8 Å². The molecule has 6 aliphatic heterocycles. The first-order chi connectivity index (χ1) is 29.9. The van der Waals surface area contributed by atoms with Crippen LogP contribution in [-0.4, -0.2) is 104 Å². The number of benzene rings is 2. The third-order valence-electron chi connectivity index (χ3n) is 14.0. The molecule has 4 atom stereocenters. The average molecular weight is 868 g/mol. The second-order valence-corrected chi connectivity index (χ2v) is 18.5. The highest BCUT2D eigenvalue weighted by atomic mass is 35.5. The zero-order valence-electron chi connectivity index (χ0n) is 34.5. The Hall–Kier alpha value is -5.55. The van der Waals surface area contributed by atoms with Crippen LogP contribution in [0, 0.1) is 11.8 Å². The number of amides is 2. The zero-order valence-corrected chi connectivity index (χ0v) is 35.3. The summed E-state index contributed by atoms with van der Waals surface area (Å²) in [6, 6.07) is 11.1. The van der Waals surface area contributed by atoms with Crippen molar-refractivity contribution in [3.63, 3.8) is 0 Å². The van der Waals surface area contributed by atoms with Crippen LogP contribution in [0.4, 0.5) is 37.6 Å². The molecular formula is C44H48ClF2N11O4. The van der Waals surface area contributed by atoms with Crippen LogP contribution < -0.4 is 36.0 Å². The molecule has 7 aliphatic rings. The van der Waals surface area contributed by atoms with E-state index in [0.717, 1.165) is 74.3 Å². The second-order valence-electron chi connectivity index (χ2n) is 18.1. The maximum atomic E-state index is 15.2. The van der Waals surface area contributed by atoms with E-state index in [1.807, 2.05) is 36.0 Å². The molecule has 18 heteroatoms. The summed E-state index contributed by atoms with van der Waals surface area (Å²) in [5.41, 5.74) is 3.90. The molecule has 2 aromatic carbocycles. The summed E-state index contributed by atoms with van der Waals surface area (Å²) in [5.74, 6) is -2.74. The molecule has 15 nitrogen and oxygen atoms in total. The maximum Gasteiger partial charge on any atom is 0.301 e. The van der Waals surface area contributed by atoms with Crippen molar-refractivity contribution in [3.05, 3.63) is 63.7 Å². The van der Waals surface area contributed by atoms with E-state index in [1.54, 1.807) is 19.3 Å². The molecule has 62 heavy (non-hydrogen) atoms. The molecule has 4 unspecified atom stereocenters. The van der Waals surface area contributed by atoms with E-state index in [4.69, 9.17) is 26.4 Å². The Bertz CT molecular complexity index is 2700. The number of halogens is 3. The number of rotatable bonds is 8. The number of aryl methyl sites for hydroxylation is 2. The summed E-state index contributed by atoms with van der Waals surface area (Å²) in [6.07, 6.45) is 7.03. The number of pyridine rings is 1. The predicted octanol–water partition coefficient (Wildman–Crippen LogP) is 5.53. The number of para-hydroxylation sites is 1. The molecule has 3 aromatic heterocycles. The smallest absolute Gasteiger partial charge is 0.301 e. The topological polar surface area (TPSA) is 155 Å². The van der Waals surface area contributed by atoms with E-state index >= 15 is 8.78 Å². The minimum Gasteiger partial charge on any atom is -0.480 e. The number of piperazine rings is 1. The Morgan fingerprint density at radius 2 is 1.79 bits per heavy atom. The lowest BCUT2D eigenvalue weighted by atomic mass is 9.86. The lowest BCUT2D eigenvalue weighted by Crippen LogP contribution is -2.69. The number of nitrogens with zero attached hydrogens (tertiary/aromatic N) is 8. The number of hydrogen-bond acceptors (Lipinski definition) is 12. The van der Waals surface area contributed by atoms with Crippen LogP contribution in [0.15, 0.2) is 47.4 Å². The Morgan fingerprint density at radius 3 is 2.55 bits per heavy atom. The van der Waals surface area contributed by atoms with Crippen LogP contribution in [0.2, 0.25) is 5.02 Å². The third-order valence-corrected chi connectivity index (χ3v) is 14.3. The van der Waals surface area contributed by atoms with Crippen molar-refractivity contribution < 1.29 is 23.1 Å². The molecular weight excluding hydrogens is 820 g/mol. The van der Waals surface area contributed by atoms with Gasteiger partial charge in [0.25, 0.3) is 5.56 Å². The number of alkyl halides is 2. The van der Waals surface area contributed by atoms with Gasteiger partial charge in [0.05, 0.1) is 46.3 Å². The number of imide groups is 1. The van der Waals surface area contributed by atoms with Crippen molar-refractivity contribution >= 4 is 74.0 Å². The van der Waals surface area contributed by atoms with Crippen LogP contribution in [-0.2, 0) is 23.7 Å². The molecule has 9 heterocycles. The molecule has 5 aromatic rings. The van der Waals surface area contributed by atoms with Crippen molar-refractivity contribution in [2.45, 2.75) is 74.9 Å². The van der Waals surface area contributed by atoms with Gasteiger partial charge in [-0.25, -0.2) is 13.8 Å². The first kappa shape index (κ1) is 39.3. The number of piperidine rings is 3. The molecule has 324 valence electrons. The summed E-state index contributed by atoms with van der Waals surface area (Å²) >= 11 is 6.68. The van der Waals surface area contributed by atoms with Crippen molar-refractivity contribution in [1.82, 2.24) is 34.5 Å². The molecule has 0 spiro atoms. The highest BCUT2D eigenvalue weighted by molar-refractivity contribution is 6.33. The minimum atomic E-state index is -3.13. The fourth-order valence-electron chi connectivity index (χ4n) is 10.7. The van der Waals surface area contributed by atoms with Gasteiger partial charge < -0.3 is 29.7 Å². The normalized spacial score (nSPS) is 25.2. The number of hydrogen-bond donors (Lipinski definition) is 3. The molecule has 6 fully saturated rings. The molecule has 3 N–H and O–H groups in total. The van der Waals surface area contributed by atoms with Gasteiger partial charge in [-0.15, -0.1) is 0 Å². The quantitative estimate of drug-likeness (QED) is 0.168.